The zero-order valence-corrected chi connectivity index (χ0v) is 16.0. The lowest BCUT2D eigenvalue weighted by atomic mass is 10.0. The molecule has 0 aliphatic rings. The standard InChI is InChI=1S/C22H21N5O/c1-14(2)18-9-4-5-10-19(18)27-21-12-20(24-15(3)25-21)22(28)26-17-8-6-7-16(11-17)13-23/h4-12,14H,1-3H3,(H,26,28)(H,24,25,27). The molecule has 0 atom stereocenters. The third-order valence-electron chi connectivity index (χ3n) is 4.17. The number of aryl methyl sites for hydroxylation is 1. The maximum Gasteiger partial charge on any atom is 0.274 e. The molecule has 3 rings (SSSR count). The summed E-state index contributed by atoms with van der Waals surface area (Å²) < 4.78 is 0. The summed E-state index contributed by atoms with van der Waals surface area (Å²) in [5, 5.41) is 15.1. The number of nitriles is 1. The molecule has 1 amide bonds. The normalized spacial score (nSPS) is 10.4. The molecule has 0 aliphatic carbocycles. The summed E-state index contributed by atoms with van der Waals surface area (Å²) in [6.07, 6.45) is 0. The van der Waals surface area contributed by atoms with Crippen LogP contribution in [0.25, 0.3) is 0 Å². The van der Waals surface area contributed by atoms with Crippen molar-refractivity contribution in [2.45, 2.75) is 26.7 Å². The molecule has 6 nitrogen and oxygen atoms in total. The van der Waals surface area contributed by atoms with Crippen molar-refractivity contribution in [2.24, 2.45) is 0 Å². The maximum absolute atomic E-state index is 12.6. The van der Waals surface area contributed by atoms with Crippen LogP contribution in [-0.2, 0) is 0 Å². The molecule has 3 aromatic rings. The maximum atomic E-state index is 12.6. The summed E-state index contributed by atoms with van der Waals surface area (Å²) in [6, 6.07) is 18.4. The summed E-state index contributed by atoms with van der Waals surface area (Å²) >= 11 is 0. The van der Waals surface area contributed by atoms with Gasteiger partial charge in [-0.3, -0.25) is 4.79 Å². The lowest BCUT2D eigenvalue weighted by molar-refractivity contribution is 0.102. The second-order valence-electron chi connectivity index (χ2n) is 6.70. The van der Waals surface area contributed by atoms with Gasteiger partial charge >= 0.3 is 0 Å². The molecule has 1 heterocycles. The van der Waals surface area contributed by atoms with Crippen molar-refractivity contribution in [3.63, 3.8) is 0 Å². The number of carbonyl (C=O) groups is 1. The minimum atomic E-state index is -0.360. The van der Waals surface area contributed by atoms with Crippen LogP contribution >= 0.6 is 0 Å². The number of nitrogens with zero attached hydrogens (tertiary/aromatic N) is 3. The van der Waals surface area contributed by atoms with Crippen LogP contribution in [0.3, 0.4) is 0 Å². The van der Waals surface area contributed by atoms with Gasteiger partial charge in [-0.15, -0.1) is 0 Å². The van der Waals surface area contributed by atoms with E-state index in [0.717, 1.165) is 11.3 Å². The van der Waals surface area contributed by atoms with Crippen molar-refractivity contribution in [1.82, 2.24) is 9.97 Å². The van der Waals surface area contributed by atoms with Crippen LogP contribution in [-0.4, -0.2) is 15.9 Å². The number of amides is 1. The van der Waals surface area contributed by atoms with E-state index in [1.807, 2.05) is 18.2 Å². The monoisotopic (exact) mass is 371 g/mol. The Bertz CT molecular complexity index is 1050. The zero-order chi connectivity index (χ0) is 20.1. The lowest BCUT2D eigenvalue weighted by Crippen LogP contribution is -2.15. The molecule has 2 N–H and O–H groups in total. The van der Waals surface area contributed by atoms with Crippen molar-refractivity contribution in [3.05, 3.63) is 77.2 Å². The minimum absolute atomic E-state index is 0.249. The van der Waals surface area contributed by atoms with Crippen LogP contribution in [0.15, 0.2) is 54.6 Å². The van der Waals surface area contributed by atoms with Crippen LogP contribution in [0.5, 0.6) is 0 Å². The van der Waals surface area contributed by atoms with Crippen LogP contribution in [0.1, 0.15) is 47.2 Å². The fourth-order valence-electron chi connectivity index (χ4n) is 2.86. The average molecular weight is 371 g/mol. The van der Waals surface area contributed by atoms with Crippen molar-refractivity contribution in [3.8, 4) is 6.07 Å². The molecule has 0 spiro atoms. The molecule has 2 aromatic carbocycles. The molecule has 0 radical (unpaired) electrons. The highest BCUT2D eigenvalue weighted by atomic mass is 16.1. The van der Waals surface area contributed by atoms with Crippen LogP contribution in [0.4, 0.5) is 17.2 Å². The average Bonchev–Trinajstić information content (AvgIpc) is 2.68. The first-order valence-corrected chi connectivity index (χ1v) is 8.99. The molecule has 140 valence electrons. The molecule has 0 unspecified atom stereocenters. The number of anilines is 3. The van der Waals surface area contributed by atoms with E-state index in [0.29, 0.717) is 28.8 Å². The zero-order valence-electron chi connectivity index (χ0n) is 16.0. The largest absolute Gasteiger partial charge is 0.340 e. The number of carbonyl (C=O) groups excluding carboxylic acids is 1. The van der Waals surface area contributed by atoms with Gasteiger partial charge in [-0.2, -0.15) is 5.26 Å². The van der Waals surface area contributed by atoms with Crippen LogP contribution in [0, 0.1) is 18.3 Å². The number of hydrogen-bond acceptors (Lipinski definition) is 5. The number of para-hydroxylation sites is 1. The predicted octanol–water partition coefficient (Wildman–Crippen LogP) is 4.78. The van der Waals surface area contributed by atoms with Gasteiger partial charge < -0.3 is 10.6 Å². The molecular formula is C22H21N5O. The van der Waals surface area contributed by atoms with Gasteiger partial charge in [-0.25, -0.2) is 9.97 Å². The van der Waals surface area contributed by atoms with Gasteiger partial charge in [-0.1, -0.05) is 38.1 Å². The second kappa shape index (κ2) is 8.31. The van der Waals surface area contributed by atoms with Gasteiger partial charge in [0.25, 0.3) is 5.91 Å². The van der Waals surface area contributed by atoms with Gasteiger partial charge in [0.2, 0.25) is 0 Å². The van der Waals surface area contributed by atoms with Crippen molar-refractivity contribution >= 4 is 23.1 Å². The highest BCUT2D eigenvalue weighted by Crippen LogP contribution is 2.26. The van der Waals surface area contributed by atoms with Crippen molar-refractivity contribution in [2.75, 3.05) is 10.6 Å². The van der Waals surface area contributed by atoms with E-state index in [4.69, 9.17) is 5.26 Å². The van der Waals surface area contributed by atoms with Gasteiger partial charge in [0.05, 0.1) is 11.6 Å². The van der Waals surface area contributed by atoms with Gasteiger partial charge in [-0.05, 0) is 42.7 Å². The molecule has 28 heavy (non-hydrogen) atoms. The van der Waals surface area contributed by atoms with Crippen LogP contribution < -0.4 is 10.6 Å². The molecule has 0 bridgehead atoms. The molecule has 0 fully saturated rings. The first kappa shape index (κ1) is 19.1. The topological polar surface area (TPSA) is 90.7 Å². The first-order valence-electron chi connectivity index (χ1n) is 8.99. The van der Waals surface area contributed by atoms with Crippen LogP contribution in [0.2, 0.25) is 0 Å². The Morgan fingerprint density at radius 1 is 1.07 bits per heavy atom. The smallest absolute Gasteiger partial charge is 0.274 e. The Morgan fingerprint density at radius 3 is 2.61 bits per heavy atom. The Kier molecular flexibility index (Phi) is 5.66. The Balaban J connectivity index is 1.85. The fourth-order valence-corrected chi connectivity index (χ4v) is 2.86. The van der Waals surface area contributed by atoms with Crippen molar-refractivity contribution < 1.29 is 4.79 Å². The van der Waals surface area contributed by atoms with Gasteiger partial charge in [0.15, 0.2) is 0 Å². The van der Waals surface area contributed by atoms with Gasteiger partial charge in [0, 0.05) is 17.4 Å². The van der Waals surface area contributed by atoms with E-state index in [-0.39, 0.29) is 11.6 Å². The molecule has 0 saturated heterocycles. The highest BCUT2D eigenvalue weighted by molar-refractivity contribution is 6.03. The first-order chi connectivity index (χ1) is 13.5. The fraction of sp³-hybridized carbons (Fsp3) is 0.182. The van der Waals surface area contributed by atoms with E-state index in [2.05, 4.69) is 46.6 Å². The second-order valence-corrected chi connectivity index (χ2v) is 6.70. The Hall–Kier alpha value is -3.72. The summed E-state index contributed by atoms with van der Waals surface area (Å²) in [5.41, 5.74) is 3.38. The lowest BCUT2D eigenvalue weighted by Gasteiger charge is -2.15. The quantitative estimate of drug-likeness (QED) is 0.674. The SMILES string of the molecule is Cc1nc(Nc2ccccc2C(C)C)cc(C(=O)Nc2cccc(C#N)c2)n1. The Labute approximate surface area is 164 Å². The van der Waals surface area contributed by atoms with Gasteiger partial charge in [0.1, 0.15) is 17.3 Å². The van der Waals surface area contributed by atoms with E-state index in [1.54, 1.807) is 37.3 Å². The van der Waals surface area contributed by atoms with E-state index < -0.39 is 0 Å². The number of aromatic nitrogens is 2. The third-order valence-corrected chi connectivity index (χ3v) is 4.17. The summed E-state index contributed by atoms with van der Waals surface area (Å²) in [7, 11) is 0. The molecule has 1 aromatic heterocycles. The number of hydrogen-bond donors (Lipinski definition) is 2. The number of benzene rings is 2. The summed E-state index contributed by atoms with van der Waals surface area (Å²) in [4.78, 5) is 21.3. The predicted molar refractivity (Wildman–Crippen MR) is 110 cm³/mol. The molecular weight excluding hydrogens is 350 g/mol. The van der Waals surface area contributed by atoms with E-state index >= 15 is 0 Å². The summed E-state index contributed by atoms with van der Waals surface area (Å²) in [5.74, 6) is 1.03. The summed E-state index contributed by atoms with van der Waals surface area (Å²) in [6.45, 7) is 5.99. The molecule has 0 aliphatic heterocycles. The van der Waals surface area contributed by atoms with E-state index in [1.165, 1.54) is 0 Å². The molecule has 0 saturated carbocycles. The third kappa shape index (κ3) is 4.51. The van der Waals surface area contributed by atoms with E-state index in [9.17, 15) is 4.79 Å². The minimum Gasteiger partial charge on any atom is -0.340 e. The Morgan fingerprint density at radius 2 is 1.86 bits per heavy atom. The highest BCUT2D eigenvalue weighted by Gasteiger charge is 2.13. The molecule has 6 heteroatoms. The number of nitrogens with one attached hydrogen (secondary N) is 2. The number of rotatable bonds is 5. The van der Waals surface area contributed by atoms with Crippen molar-refractivity contribution in [1.29, 1.82) is 5.26 Å².